The Bertz CT molecular complexity index is 284. The molecule has 2 atom stereocenters. The first kappa shape index (κ1) is 9.47. The maximum Gasteiger partial charge on any atom is 0.320 e. The van der Waals surface area contributed by atoms with Gasteiger partial charge in [-0.2, -0.15) is 0 Å². The fourth-order valence-electron chi connectivity index (χ4n) is 1.31. The van der Waals surface area contributed by atoms with E-state index in [4.69, 9.17) is 10.8 Å². The van der Waals surface area contributed by atoms with Gasteiger partial charge in [0.2, 0.25) is 0 Å². The van der Waals surface area contributed by atoms with Gasteiger partial charge in [0.1, 0.15) is 6.04 Å². The van der Waals surface area contributed by atoms with E-state index in [1.54, 1.807) is 0 Å². The van der Waals surface area contributed by atoms with E-state index in [9.17, 15) is 13.2 Å². The minimum atomic E-state index is -3.02. The molecule has 3 N–H and O–H groups in total. The topological polar surface area (TPSA) is 97.5 Å². The van der Waals surface area contributed by atoms with Crippen molar-refractivity contribution in [2.24, 2.45) is 11.7 Å². The SMILES string of the molecule is N[C@@H](C(=O)O)[C@H]1CCS(=O)(=O)C1. The highest BCUT2D eigenvalue weighted by Crippen LogP contribution is 2.20. The van der Waals surface area contributed by atoms with Gasteiger partial charge >= 0.3 is 5.97 Å². The van der Waals surface area contributed by atoms with E-state index in [1.807, 2.05) is 0 Å². The molecule has 0 radical (unpaired) electrons. The van der Waals surface area contributed by atoms with Gasteiger partial charge in [0.15, 0.2) is 9.84 Å². The molecule has 1 heterocycles. The third-order valence-corrected chi connectivity index (χ3v) is 3.85. The summed E-state index contributed by atoms with van der Waals surface area (Å²) < 4.78 is 21.8. The Morgan fingerprint density at radius 1 is 1.58 bits per heavy atom. The van der Waals surface area contributed by atoms with Crippen molar-refractivity contribution in [2.75, 3.05) is 11.5 Å². The van der Waals surface area contributed by atoms with Crippen LogP contribution in [-0.2, 0) is 14.6 Å². The second-order valence-electron chi connectivity index (χ2n) is 3.03. The molecule has 6 heteroatoms. The lowest BCUT2D eigenvalue weighted by Crippen LogP contribution is -2.38. The molecule has 12 heavy (non-hydrogen) atoms. The maximum atomic E-state index is 10.9. The van der Waals surface area contributed by atoms with E-state index in [-0.39, 0.29) is 11.5 Å². The predicted octanol–water partition coefficient (Wildman–Crippen LogP) is -1.17. The molecule has 5 nitrogen and oxygen atoms in total. The van der Waals surface area contributed by atoms with Gasteiger partial charge in [0.05, 0.1) is 11.5 Å². The van der Waals surface area contributed by atoms with Crippen LogP contribution in [-0.4, -0.2) is 37.0 Å². The Morgan fingerprint density at radius 2 is 2.17 bits per heavy atom. The number of aliphatic carboxylic acids is 1. The molecule has 0 saturated carbocycles. The Hall–Kier alpha value is -0.620. The minimum Gasteiger partial charge on any atom is -0.480 e. The molecule has 1 aliphatic rings. The first-order chi connectivity index (χ1) is 5.42. The van der Waals surface area contributed by atoms with Gasteiger partial charge < -0.3 is 10.8 Å². The van der Waals surface area contributed by atoms with Crippen LogP contribution in [0.3, 0.4) is 0 Å². The molecule has 0 aliphatic carbocycles. The van der Waals surface area contributed by atoms with Crippen molar-refractivity contribution in [3.05, 3.63) is 0 Å². The quantitative estimate of drug-likeness (QED) is 0.576. The van der Waals surface area contributed by atoms with Gasteiger partial charge in [0, 0.05) is 0 Å². The molecule has 1 saturated heterocycles. The van der Waals surface area contributed by atoms with Crippen LogP contribution in [0.1, 0.15) is 6.42 Å². The first-order valence-electron chi connectivity index (χ1n) is 3.61. The Morgan fingerprint density at radius 3 is 2.50 bits per heavy atom. The molecule has 0 spiro atoms. The number of hydrogen-bond acceptors (Lipinski definition) is 4. The zero-order valence-electron chi connectivity index (χ0n) is 6.43. The number of sulfone groups is 1. The third-order valence-electron chi connectivity index (χ3n) is 2.06. The van der Waals surface area contributed by atoms with E-state index >= 15 is 0 Å². The van der Waals surface area contributed by atoms with Gasteiger partial charge in [-0.25, -0.2) is 8.42 Å². The van der Waals surface area contributed by atoms with Crippen molar-refractivity contribution >= 4 is 15.8 Å². The molecule has 70 valence electrons. The van der Waals surface area contributed by atoms with Crippen molar-refractivity contribution in [1.29, 1.82) is 0 Å². The van der Waals surface area contributed by atoms with Crippen LogP contribution in [0, 0.1) is 5.92 Å². The fourth-order valence-corrected chi connectivity index (χ4v) is 3.16. The molecular formula is C6H11NO4S. The molecule has 0 aromatic carbocycles. The van der Waals surface area contributed by atoms with Crippen LogP contribution in [0.4, 0.5) is 0 Å². The monoisotopic (exact) mass is 193 g/mol. The van der Waals surface area contributed by atoms with Crippen LogP contribution < -0.4 is 5.73 Å². The number of hydrogen-bond donors (Lipinski definition) is 2. The van der Waals surface area contributed by atoms with E-state index in [0.717, 1.165) is 0 Å². The lowest BCUT2D eigenvalue weighted by atomic mass is 10.0. The zero-order chi connectivity index (χ0) is 9.35. The van der Waals surface area contributed by atoms with Crippen LogP contribution >= 0.6 is 0 Å². The molecule has 0 aromatic heterocycles. The summed E-state index contributed by atoms with van der Waals surface area (Å²) in [6, 6.07) is -1.04. The zero-order valence-corrected chi connectivity index (χ0v) is 7.25. The van der Waals surface area contributed by atoms with Crippen molar-refractivity contribution in [1.82, 2.24) is 0 Å². The molecule has 0 unspecified atom stereocenters. The van der Waals surface area contributed by atoms with E-state index in [0.29, 0.717) is 6.42 Å². The summed E-state index contributed by atoms with van der Waals surface area (Å²) in [5, 5.41) is 8.49. The number of nitrogens with two attached hydrogens (primary N) is 1. The summed E-state index contributed by atoms with van der Waals surface area (Å²) in [6.45, 7) is 0. The van der Waals surface area contributed by atoms with Crippen LogP contribution in [0.2, 0.25) is 0 Å². The van der Waals surface area contributed by atoms with Gasteiger partial charge in [-0.05, 0) is 12.3 Å². The summed E-state index contributed by atoms with van der Waals surface area (Å²) >= 11 is 0. The van der Waals surface area contributed by atoms with Gasteiger partial charge in [-0.3, -0.25) is 4.79 Å². The first-order valence-corrected chi connectivity index (χ1v) is 5.43. The molecule has 0 aromatic rings. The molecule has 1 rings (SSSR count). The van der Waals surface area contributed by atoms with Crippen molar-refractivity contribution in [2.45, 2.75) is 12.5 Å². The molecular weight excluding hydrogens is 182 g/mol. The normalized spacial score (nSPS) is 29.9. The average Bonchev–Trinajstić information content (AvgIpc) is 2.28. The average molecular weight is 193 g/mol. The summed E-state index contributed by atoms with van der Waals surface area (Å²) in [5.74, 6) is -1.55. The number of carboxylic acids is 1. The van der Waals surface area contributed by atoms with Crippen molar-refractivity contribution < 1.29 is 18.3 Å². The van der Waals surface area contributed by atoms with Crippen LogP contribution in [0.25, 0.3) is 0 Å². The molecule has 0 amide bonds. The van der Waals surface area contributed by atoms with Crippen LogP contribution in [0.15, 0.2) is 0 Å². The number of carbonyl (C=O) groups is 1. The second kappa shape index (κ2) is 3.02. The number of carboxylic acid groups (broad SMARTS) is 1. The van der Waals surface area contributed by atoms with Crippen molar-refractivity contribution in [3.63, 3.8) is 0 Å². The van der Waals surface area contributed by atoms with Gasteiger partial charge in [-0.1, -0.05) is 0 Å². The Labute approximate surface area is 70.5 Å². The minimum absolute atomic E-state index is 0.0681. The fraction of sp³-hybridized carbons (Fsp3) is 0.833. The Kier molecular flexibility index (Phi) is 2.39. The lowest BCUT2D eigenvalue weighted by molar-refractivity contribution is -0.139. The molecule has 0 bridgehead atoms. The summed E-state index contributed by atoms with van der Waals surface area (Å²) in [5.41, 5.74) is 5.28. The van der Waals surface area contributed by atoms with Gasteiger partial charge in [-0.15, -0.1) is 0 Å². The third kappa shape index (κ3) is 1.95. The smallest absolute Gasteiger partial charge is 0.320 e. The standard InChI is InChI=1S/C6H11NO4S/c7-5(6(8)9)4-1-2-12(10,11)3-4/h4-5H,1-3,7H2,(H,8,9)/t4-,5+/m0/s1. The summed E-state index contributed by atoms with van der Waals surface area (Å²) in [4.78, 5) is 10.4. The Balaban J connectivity index is 2.64. The largest absolute Gasteiger partial charge is 0.480 e. The second-order valence-corrected chi connectivity index (χ2v) is 5.26. The maximum absolute atomic E-state index is 10.9. The highest BCUT2D eigenvalue weighted by Gasteiger charge is 2.34. The number of rotatable bonds is 2. The van der Waals surface area contributed by atoms with E-state index < -0.39 is 27.8 Å². The summed E-state index contributed by atoms with van der Waals surface area (Å²) in [6.07, 6.45) is 0.371. The predicted molar refractivity (Wildman–Crippen MR) is 42.4 cm³/mol. The summed E-state index contributed by atoms with van der Waals surface area (Å²) in [7, 11) is -3.02. The highest BCUT2D eigenvalue weighted by molar-refractivity contribution is 7.91. The van der Waals surface area contributed by atoms with E-state index in [2.05, 4.69) is 0 Å². The molecule has 1 aliphatic heterocycles. The van der Waals surface area contributed by atoms with Crippen LogP contribution in [0.5, 0.6) is 0 Å². The van der Waals surface area contributed by atoms with Crippen molar-refractivity contribution in [3.8, 4) is 0 Å². The molecule has 1 fully saturated rings. The lowest BCUT2D eigenvalue weighted by Gasteiger charge is -2.11. The van der Waals surface area contributed by atoms with Gasteiger partial charge in [0.25, 0.3) is 0 Å². The van der Waals surface area contributed by atoms with E-state index in [1.165, 1.54) is 0 Å². The highest BCUT2D eigenvalue weighted by atomic mass is 32.2.